The van der Waals surface area contributed by atoms with Gasteiger partial charge in [-0.1, -0.05) is 0 Å². The largest absolute Gasteiger partial charge is 0.480 e. The quantitative estimate of drug-likeness (QED) is 0.448. The summed E-state index contributed by atoms with van der Waals surface area (Å²) in [6.07, 6.45) is -0.444. The van der Waals surface area contributed by atoms with Gasteiger partial charge in [-0.05, 0) is 13.2 Å². The van der Waals surface area contributed by atoms with Crippen LogP contribution in [-0.4, -0.2) is 51.8 Å². The average Bonchev–Trinajstić information content (AvgIpc) is 2.31. The normalized spacial score (nSPS) is 30.6. The van der Waals surface area contributed by atoms with E-state index in [-0.39, 0.29) is 13.0 Å². The molecule has 0 aliphatic carbocycles. The maximum Gasteiger partial charge on any atom is 0.377 e. The molecule has 12 heavy (non-hydrogen) atoms. The van der Waals surface area contributed by atoms with Gasteiger partial charge in [0, 0.05) is 6.54 Å². The van der Waals surface area contributed by atoms with Crippen LogP contribution < -0.4 is 0 Å². The van der Waals surface area contributed by atoms with Crippen LogP contribution in [0.4, 0.5) is 0 Å². The molecule has 0 saturated carbocycles. The number of aliphatic carboxylic acids is 1. The highest BCUT2D eigenvalue weighted by Gasteiger charge is 2.39. The summed E-state index contributed by atoms with van der Waals surface area (Å²) in [5.41, 5.74) is 0. The highest BCUT2D eigenvalue weighted by molar-refractivity contribution is 6.45. The van der Waals surface area contributed by atoms with Crippen LogP contribution in [0.3, 0.4) is 0 Å². The molecule has 1 heterocycles. The summed E-state index contributed by atoms with van der Waals surface area (Å²) in [6, 6.07) is -0.750. The fraction of sp³-hybridized carbons (Fsp3) is 0.833. The van der Waals surface area contributed by atoms with Gasteiger partial charge in [-0.15, -0.1) is 0 Å². The molecule has 1 saturated heterocycles. The van der Waals surface area contributed by atoms with E-state index >= 15 is 0 Å². The first-order chi connectivity index (χ1) is 5.52. The lowest BCUT2D eigenvalue weighted by atomic mass is 9.84. The van der Waals surface area contributed by atoms with Gasteiger partial charge in [0.05, 0.1) is 6.10 Å². The van der Waals surface area contributed by atoms with Crippen LogP contribution in [0.25, 0.3) is 0 Å². The van der Waals surface area contributed by atoms with Crippen LogP contribution in [0.2, 0.25) is 6.82 Å². The van der Waals surface area contributed by atoms with E-state index in [0.717, 1.165) is 0 Å². The zero-order valence-electron chi connectivity index (χ0n) is 6.84. The van der Waals surface area contributed by atoms with Gasteiger partial charge in [-0.3, -0.25) is 4.79 Å². The molecule has 3 N–H and O–H groups in total. The summed E-state index contributed by atoms with van der Waals surface area (Å²) in [5.74, 6) is -0.993. The number of carboxylic acid groups (broad SMARTS) is 1. The first kappa shape index (κ1) is 9.50. The lowest BCUT2D eigenvalue weighted by Gasteiger charge is -2.20. The molecular weight excluding hydrogens is 161 g/mol. The first-order valence-electron chi connectivity index (χ1n) is 3.87. The second-order valence-corrected chi connectivity index (χ2v) is 3.07. The Hall–Kier alpha value is -0.585. The number of carbonyl (C=O) groups is 1. The number of aliphatic hydroxyl groups is 1. The molecule has 6 heteroatoms. The second-order valence-electron chi connectivity index (χ2n) is 3.07. The van der Waals surface area contributed by atoms with Gasteiger partial charge in [-0.2, -0.15) is 0 Å². The lowest BCUT2D eigenvalue weighted by molar-refractivity contribution is -0.141. The fourth-order valence-electron chi connectivity index (χ4n) is 1.49. The van der Waals surface area contributed by atoms with Crippen molar-refractivity contribution in [2.45, 2.75) is 25.4 Å². The third kappa shape index (κ3) is 1.77. The second kappa shape index (κ2) is 3.43. The summed E-state index contributed by atoms with van der Waals surface area (Å²) >= 11 is 0. The van der Waals surface area contributed by atoms with Crippen molar-refractivity contribution in [1.82, 2.24) is 4.81 Å². The van der Waals surface area contributed by atoms with E-state index in [1.54, 1.807) is 0 Å². The Kier molecular flexibility index (Phi) is 2.71. The molecule has 2 atom stereocenters. The van der Waals surface area contributed by atoms with Crippen LogP contribution in [0, 0.1) is 0 Å². The predicted molar refractivity (Wildman–Crippen MR) is 42.6 cm³/mol. The Morgan fingerprint density at radius 3 is 2.58 bits per heavy atom. The lowest BCUT2D eigenvalue weighted by Crippen LogP contribution is -2.44. The molecule has 1 rings (SSSR count). The zero-order chi connectivity index (χ0) is 9.30. The van der Waals surface area contributed by atoms with Crippen molar-refractivity contribution in [2.75, 3.05) is 6.54 Å². The van der Waals surface area contributed by atoms with Gasteiger partial charge in [-0.25, -0.2) is 0 Å². The predicted octanol–water partition coefficient (Wildman–Crippen LogP) is -1.38. The summed E-state index contributed by atoms with van der Waals surface area (Å²) in [5, 5.41) is 27.0. The van der Waals surface area contributed by atoms with Crippen molar-refractivity contribution in [1.29, 1.82) is 0 Å². The van der Waals surface area contributed by atoms with Crippen LogP contribution in [0.1, 0.15) is 6.42 Å². The highest BCUT2D eigenvalue weighted by atomic mass is 16.4. The molecular formula is C6H12BNO4. The monoisotopic (exact) mass is 173 g/mol. The minimum Gasteiger partial charge on any atom is -0.480 e. The number of β-amino-alcohol motifs (C(OH)–C–C–N with tert-alkyl or cyclic N) is 1. The summed E-state index contributed by atoms with van der Waals surface area (Å²) < 4.78 is 0. The molecule has 1 aliphatic rings. The van der Waals surface area contributed by atoms with Crippen molar-refractivity contribution in [3.05, 3.63) is 0 Å². The van der Waals surface area contributed by atoms with Gasteiger partial charge < -0.3 is 20.0 Å². The molecule has 0 amide bonds. The molecule has 5 nitrogen and oxygen atoms in total. The van der Waals surface area contributed by atoms with Gasteiger partial charge in [0.1, 0.15) is 6.04 Å². The SMILES string of the molecule is CB(O)N1C[C@H](O)C[C@@H]1C(=O)O. The minimum atomic E-state index is -0.993. The number of hydrogen-bond acceptors (Lipinski definition) is 4. The molecule has 0 bridgehead atoms. The summed E-state index contributed by atoms with van der Waals surface area (Å²) in [4.78, 5) is 12.0. The van der Waals surface area contributed by atoms with Gasteiger partial charge in [0.2, 0.25) is 0 Å². The number of aliphatic hydroxyl groups excluding tert-OH is 1. The maximum absolute atomic E-state index is 10.6. The van der Waals surface area contributed by atoms with E-state index in [1.165, 1.54) is 11.6 Å². The van der Waals surface area contributed by atoms with Crippen molar-refractivity contribution in [3.63, 3.8) is 0 Å². The zero-order valence-corrected chi connectivity index (χ0v) is 6.84. The van der Waals surface area contributed by atoms with Crippen LogP contribution in [0.5, 0.6) is 0 Å². The molecule has 1 fully saturated rings. The summed E-state index contributed by atoms with van der Waals surface area (Å²) in [7, 11) is -0.816. The first-order valence-corrected chi connectivity index (χ1v) is 3.87. The fourth-order valence-corrected chi connectivity index (χ4v) is 1.49. The van der Waals surface area contributed by atoms with Gasteiger partial charge in [0.25, 0.3) is 0 Å². The Labute approximate surface area is 70.7 Å². The van der Waals surface area contributed by atoms with Gasteiger partial charge in [0.15, 0.2) is 0 Å². The van der Waals surface area contributed by atoms with E-state index in [0.29, 0.717) is 0 Å². The molecule has 0 unspecified atom stereocenters. The molecule has 1 aliphatic heterocycles. The molecule has 68 valence electrons. The van der Waals surface area contributed by atoms with Crippen molar-refractivity contribution < 1.29 is 20.0 Å². The molecule has 0 radical (unpaired) electrons. The van der Waals surface area contributed by atoms with E-state index in [1.807, 2.05) is 0 Å². The number of nitrogens with zero attached hydrogens (tertiary/aromatic N) is 1. The minimum absolute atomic E-state index is 0.195. The van der Waals surface area contributed by atoms with E-state index in [2.05, 4.69) is 0 Å². The highest BCUT2D eigenvalue weighted by Crippen LogP contribution is 2.18. The summed E-state index contributed by atoms with van der Waals surface area (Å²) in [6.45, 7) is 1.72. The van der Waals surface area contributed by atoms with Crippen molar-refractivity contribution in [2.24, 2.45) is 0 Å². The van der Waals surface area contributed by atoms with E-state index in [9.17, 15) is 4.79 Å². The van der Waals surface area contributed by atoms with Crippen LogP contribution >= 0.6 is 0 Å². The molecule has 0 aromatic heterocycles. The molecule has 0 aromatic carbocycles. The number of rotatable bonds is 2. The molecule has 0 spiro atoms. The van der Waals surface area contributed by atoms with Crippen LogP contribution in [0.15, 0.2) is 0 Å². The van der Waals surface area contributed by atoms with Crippen molar-refractivity contribution >= 4 is 13.0 Å². The van der Waals surface area contributed by atoms with Crippen LogP contribution in [-0.2, 0) is 4.79 Å². The van der Waals surface area contributed by atoms with E-state index < -0.39 is 25.2 Å². The Morgan fingerprint density at radius 2 is 2.25 bits per heavy atom. The van der Waals surface area contributed by atoms with E-state index in [4.69, 9.17) is 15.2 Å². The maximum atomic E-state index is 10.6. The standard InChI is InChI=1S/C6H12BNO4/c1-7(12)8-3-4(9)2-5(8)6(10)11/h4-5,9,12H,2-3H2,1H3,(H,10,11)/t4-,5-/m1/s1. The molecule has 0 aromatic rings. The number of hydrogen-bond donors (Lipinski definition) is 3. The Morgan fingerprint density at radius 1 is 1.67 bits per heavy atom. The van der Waals surface area contributed by atoms with Crippen molar-refractivity contribution in [3.8, 4) is 0 Å². The Bertz CT molecular complexity index is 186. The average molecular weight is 173 g/mol. The third-order valence-electron chi connectivity index (χ3n) is 2.08. The number of carboxylic acids is 1. The Balaban J connectivity index is 2.65. The smallest absolute Gasteiger partial charge is 0.377 e. The third-order valence-corrected chi connectivity index (χ3v) is 2.08. The van der Waals surface area contributed by atoms with Gasteiger partial charge >= 0.3 is 13.0 Å². The topological polar surface area (TPSA) is 81.0 Å².